The Bertz CT molecular complexity index is 560. The van der Waals surface area contributed by atoms with E-state index in [1.165, 1.54) is 0 Å². The Labute approximate surface area is 105 Å². The van der Waals surface area contributed by atoms with Gasteiger partial charge in [0.2, 0.25) is 17.3 Å². The Hall–Kier alpha value is -2.24. The second-order valence-corrected chi connectivity index (χ2v) is 4.06. The van der Waals surface area contributed by atoms with Crippen LogP contribution in [0.4, 0.5) is 5.69 Å². The molecule has 2 heterocycles. The number of methoxy groups -OCH3 is 1. The average molecular weight is 247 g/mol. The zero-order valence-electron chi connectivity index (χ0n) is 10.6. The summed E-state index contributed by atoms with van der Waals surface area (Å²) >= 11 is 0. The number of nitrogens with one attached hydrogen (secondary N) is 1. The zero-order valence-corrected chi connectivity index (χ0v) is 10.6. The van der Waals surface area contributed by atoms with Crippen molar-refractivity contribution in [2.24, 2.45) is 5.18 Å². The summed E-state index contributed by atoms with van der Waals surface area (Å²) in [6.07, 6.45) is 1.75. The van der Waals surface area contributed by atoms with Crippen LogP contribution in [-0.4, -0.2) is 17.2 Å². The Balaban J connectivity index is 2.25. The minimum absolute atomic E-state index is 0.469. The van der Waals surface area contributed by atoms with Crippen molar-refractivity contribution >= 4 is 5.69 Å². The van der Waals surface area contributed by atoms with Gasteiger partial charge in [-0.3, -0.25) is 0 Å². The SMILES string of the molecule is COc1ccc(C[n+]2[nH]c(C)c(N=O)c2C)cn1. The van der Waals surface area contributed by atoms with Crippen molar-refractivity contribution in [1.29, 1.82) is 0 Å². The van der Waals surface area contributed by atoms with E-state index in [0.717, 1.165) is 17.0 Å². The third kappa shape index (κ3) is 2.22. The first-order chi connectivity index (χ1) is 8.65. The highest BCUT2D eigenvalue weighted by Gasteiger charge is 2.20. The predicted octanol–water partition coefficient (Wildman–Crippen LogP) is 1.77. The molecule has 2 aromatic rings. The maximum Gasteiger partial charge on any atom is 0.234 e. The van der Waals surface area contributed by atoms with Crippen molar-refractivity contribution in [2.75, 3.05) is 7.11 Å². The van der Waals surface area contributed by atoms with Gasteiger partial charge in [-0.2, -0.15) is 5.10 Å². The molecule has 0 saturated heterocycles. The van der Waals surface area contributed by atoms with Gasteiger partial charge in [-0.15, -0.1) is 9.59 Å². The van der Waals surface area contributed by atoms with E-state index in [0.29, 0.717) is 18.1 Å². The van der Waals surface area contributed by atoms with Crippen LogP contribution >= 0.6 is 0 Å². The van der Waals surface area contributed by atoms with Gasteiger partial charge < -0.3 is 4.74 Å². The monoisotopic (exact) mass is 247 g/mol. The smallest absolute Gasteiger partial charge is 0.234 e. The van der Waals surface area contributed by atoms with Crippen LogP contribution < -0.4 is 9.42 Å². The normalized spacial score (nSPS) is 10.4. The highest BCUT2D eigenvalue weighted by molar-refractivity contribution is 5.42. The molecule has 0 aliphatic carbocycles. The van der Waals surface area contributed by atoms with Gasteiger partial charge in [0.1, 0.15) is 5.69 Å². The van der Waals surface area contributed by atoms with E-state index in [1.807, 2.05) is 24.6 Å². The average Bonchev–Trinajstić information content (AvgIpc) is 2.65. The van der Waals surface area contributed by atoms with Crippen molar-refractivity contribution in [2.45, 2.75) is 20.4 Å². The minimum atomic E-state index is 0.469. The van der Waals surface area contributed by atoms with E-state index in [2.05, 4.69) is 15.3 Å². The van der Waals surface area contributed by atoms with Gasteiger partial charge in [0, 0.05) is 24.8 Å². The third-order valence-corrected chi connectivity index (χ3v) is 2.84. The minimum Gasteiger partial charge on any atom is -0.481 e. The lowest BCUT2D eigenvalue weighted by Crippen LogP contribution is -2.38. The van der Waals surface area contributed by atoms with Gasteiger partial charge in [-0.1, -0.05) is 0 Å². The van der Waals surface area contributed by atoms with Crippen LogP contribution in [0.1, 0.15) is 17.0 Å². The summed E-state index contributed by atoms with van der Waals surface area (Å²) in [7, 11) is 1.58. The molecule has 0 aliphatic heterocycles. The number of rotatable bonds is 4. The lowest BCUT2D eigenvalue weighted by Gasteiger charge is -1.99. The van der Waals surface area contributed by atoms with E-state index in [4.69, 9.17) is 4.74 Å². The number of nitrogens with zero attached hydrogens (tertiary/aromatic N) is 3. The molecule has 1 N–H and O–H groups in total. The van der Waals surface area contributed by atoms with Gasteiger partial charge >= 0.3 is 0 Å². The molecule has 18 heavy (non-hydrogen) atoms. The highest BCUT2D eigenvalue weighted by atomic mass is 16.5. The lowest BCUT2D eigenvalue weighted by atomic mass is 10.3. The van der Waals surface area contributed by atoms with Crippen LogP contribution in [0.25, 0.3) is 0 Å². The van der Waals surface area contributed by atoms with Crippen molar-refractivity contribution in [3.8, 4) is 5.88 Å². The van der Waals surface area contributed by atoms with Gasteiger partial charge in [0.15, 0.2) is 6.54 Å². The molecule has 0 unspecified atom stereocenters. The molecule has 0 spiro atoms. The summed E-state index contributed by atoms with van der Waals surface area (Å²) in [5.41, 5.74) is 3.07. The van der Waals surface area contributed by atoms with Crippen LogP contribution in [0.3, 0.4) is 0 Å². The van der Waals surface area contributed by atoms with Crippen LogP contribution in [0, 0.1) is 18.8 Å². The Morgan fingerprint density at radius 1 is 1.44 bits per heavy atom. The van der Waals surface area contributed by atoms with E-state index in [-0.39, 0.29) is 0 Å². The zero-order chi connectivity index (χ0) is 13.1. The first kappa shape index (κ1) is 12.2. The number of aromatic nitrogens is 3. The van der Waals surface area contributed by atoms with Gasteiger partial charge in [0.05, 0.1) is 7.11 Å². The van der Waals surface area contributed by atoms with Gasteiger partial charge in [-0.25, -0.2) is 4.98 Å². The molecule has 0 atom stereocenters. The summed E-state index contributed by atoms with van der Waals surface area (Å²) in [4.78, 5) is 14.8. The van der Waals surface area contributed by atoms with Crippen molar-refractivity contribution in [3.63, 3.8) is 0 Å². The fourth-order valence-corrected chi connectivity index (χ4v) is 1.84. The Morgan fingerprint density at radius 2 is 2.22 bits per heavy atom. The third-order valence-electron chi connectivity index (χ3n) is 2.84. The molecule has 0 bridgehead atoms. The van der Waals surface area contributed by atoms with Crippen molar-refractivity contribution in [1.82, 2.24) is 10.1 Å². The van der Waals surface area contributed by atoms with Crippen molar-refractivity contribution < 1.29 is 9.42 Å². The molecule has 0 amide bonds. The summed E-state index contributed by atoms with van der Waals surface area (Å²) in [5.74, 6) is 0.582. The molecule has 6 nitrogen and oxygen atoms in total. The number of hydrogen-bond acceptors (Lipinski definition) is 4. The molecular formula is C12H15N4O2+. The van der Waals surface area contributed by atoms with Crippen LogP contribution in [-0.2, 0) is 6.54 Å². The number of hydrogen-bond donors (Lipinski definition) is 1. The van der Waals surface area contributed by atoms with E-state index in [1.54, 1.807) is 19.4 Å². The first-order valence-electron chi connectivity index (χ1n) is 5.57. The second-order valence-electron chi connectivity index (χ2n) is 4.06. The molecule has 2 aromatic heterocycles. The quantitative estimate of drug-likeness (QED) is 0.661. The summed E-state index contributed by atoms with van der Waals surface area (Å²) in [6.45, 7) is 4.29. The predicted molar refractivity (Wildman–Crippen MR) is 65.8 cm³/mol. The van der Waals surface area contributed by atoms with Crippen LogP contribution in [0.15, 0.2) is 23.5 Å². The molecule has 0 aliphatic rings. The Morgan fingerprint density at radius 3 is 2.72 bits per heavy atom. The summed E-state index contributed by atoms with van der Waals surface area (Å²) in [5, 5.41) is 6.13. The number of aromatic amines is 1. The van der Waals surface area contributed by atoms with E-state index in [9.17, 15) is 4.91 Å². The largest absolute Gasteiger partial charge is 0.481 e. The highest BCUT2D eigenvalue weighted by Crippen LogP contribution is 2.18. The molecule has 0 aromatic carbocycles. The standard InChI is InChI=1S/C12H14N4O2/c1-8-12(15-17)9(2)16(14-8)7-10-4-5-11(18-3)13-6-10/h4-6H,7H2,1-3H3/p+1. The fourth-order valence-electron chi connectivity index (χ4n) is 1.84. The maximum atomic E-state index is 10.7. The number of aryl methyl sites for hydroxylation is 1. The molecule has 0 fully saturated rings. The summed E-state index contributed by atoms with van der Waals surface area (Å²) in [6, 6.07) is 3.74. The molecule has 2 rings (SSSR count). The molecule has 0 radical (unpaired) electrons. The molecule has 0 saturated carbocycles. The molecule has 6 heteroatoms. The topological polar surface area (TPSA) is 71.2 Å². The number of ether oxygens (including phenoxy) is 1. The molecule has 94 valence electrons. The second kappa shape index (κ2) is 4.95. The summed E-state index contributed by atoms with van der Waals surface area (Å²) < 4.78 is 6.87. The van der Waals surface area contributed by atoms with Gasteiger partial charge in [0.25, 0.3) is 0 Å². The van der Waals surface area contributed by atoms with Crippen LogP contribution in [0.2, 0.25) is 0 Å². The van der Waals surface area contributed by atoms with Gasteiger partial charge in [-0.05, 0) is 18.2 Å². The first-order valence-corrected chi connectivity index (χ1v) is 5.57. The maximum absolute atomic E-state index is 10.7. The lowest BCUT2D eigenvalue weighted by molar-refractivity contribution is -0.747. The van der Waals surface area contributed by atoms with E-state index >= 15 is 0 Å². The van der Waals surface area contributed by atoms with Crippen molar-refractivity contribution in [3.05, 3.63) is 40.2 Å². The van der Waals surface area contributed by atoms with Crippen LogP contribution in [0.5, 0.6) is 5.88 Å². The number of pyridine rings is 1. The Kier molecular flexibility index (Phi) is 3.36. The fraction of sp³-hybridized carbons (Fsp3) is 0.333. The number of nitroso groups, excluding NO2 is 1. The van der Waals surface area contributed by atoms with E-state index < -0.39 is 0 Å². The molecular weight excluding hydrogens is 232 g/mol. The number of H-pyrrole nitrogens is 1.